The van der Waals surface area contributed by atoms with E-state index in [4.69, 9.17) is 4.42 Å². The van der Waals surface area contributed by atoms with Crippen molar-refractivity contribution in [3.63, 3.8) is 0 Å². The van der Waals surface area contributed by atoms with Crippen LogP contribution in [0.3, 0.4) is 0 Å². The Morgan fingerprint density at radius 2 is 2.15 bits per heavy atom. The van der Waals surface area contributed by atoms with Crippen molar-refractivity contribution >= 4 is 29.3 Å². The molecule has 1 amide bonds. The number of halogens is 1. The molecule has 1 aliphatic rings. The Kier molecular flexibility index (Phi) is 5.91. The van der Waals surface area contributed by atoms with E-state index in [1.807, 2.05) is 53.6 Å². The van der Waals surface area contributed by atoms with E-state index in [9.17, 15) is 4.79 Å². The quantitative estimate of drug-likeness (QED) is 0.764. The lowest BCUT2D eigenvalue weighted by molar-refractivity contribution is -0.134. The standard InChI is InChI=1S/C20H21N3O2.ClH/c24-20(8-7-17-12-15-4-1-2-6-19(15)25-17)23-11-10-22-14-18(23)16-5-3-9-21-13-16;/h1-6,9,12-13,18,22H,7-8,10-11,14H2;1H. The molecule has 1 N–H and O–H groups in total. The molecule has 1 fully saturated rings. The molecule has 3 aromatic rings. The second-order valence-corrected chi connectivity index (χ2v) is 6.34. The predicted molar refractivity (Wildman–Crippen MR) is 103 cm³/mol. The third-order valence-corrected chi connectivity index (χ3v) is 4.69. The van der Waals surface area contributed by atoms with Crippen LogP contribution in [0, 0.1) is 0 Å². The molecular formula is C20H22ClN3O2. The number of aromatic nitrogens is 1. The molecule has 2 aromatic heterocycles. The summed E-state index contributed by atoms with van der Waals surface area (Å²) in [7, 11) is 0. The smallest absolute Gasteiger partial charge is 0.223 e. The Morgan fingerprint density at radius 1 is 1.27 bits per heavy atom. The Bertz CT molecular complexity index is 833. The van der Waals surface area contributed by atoms with Crippen LogP contribution in [-0.4, -0.2) is 35.4 Å². The number of hydrogen-bond donors (Lipinski definition) is 1. The molecule has 1 saturated heterocycles. The van der Waals surface area contributed by atoms with E-state index in [0.717, 1.165) is 41.9 Å². The van der Waals surface area contributed by atoms with Gasteiger partial charge in [-0.25, -0.2) is 0 Å². The summed E-state index contributed by atoms with van der Waals surface area (Å²) in [6.45, 7) is 2.31. The normalized spacial score (nSPS) is 17.1. The zero-order chi connectivity index (χ0) is 17.1. The number of carbonyl (C=O) groups is 1. The second-order valence-electron chi connectivity index (χ2n) is 6.34. The fraction of sp³-hybridized carbons (Fsp3) is 0.300. The van der Waals surface area contributed by atoms with Crippen molar-refractivity contribution in [3.8, 4) is 0 Å². The van der Waals surface area contributed by atoms with E-state index in [2.05, 4.69) is 10.3 Å². The van der Waals surface area contributed by atoms with Gasteiger partial charge in [0.25, 0.3) is 0 Å². The van der Waals surface area contributed by atoms with E-state index in [0.29, 0.717) is 12.8 Å². The lowest BCUT2D eigenvalue weighted by Gasteiger charge is -2.36. The molecule has 0 spiro atoms. The lowest BCUT2D eigenvalue weighted by Crippen LogP contribution is -2.48. The number of hydrogen-bond acceptors (Lipinski definition) is 4. The van der Waals surface area contributed by atoms with Gasteiger partial charge in [0.05, 0.1) is 6.04 Å². The number of benzene rings is 1. The number of aryl methyl sites for hydroxylation is 1. The SMILES string of the molecule is Cl.O=C(CCc1cc2ccccc2o1)N1CCNCC1c1cccnc1. The molecule has 0 saturated carbocycles. The van der Waals surface area contributed by atoms with E-state index in [1.165, 1.54) is 0 Å². The number of nitrogens with zero attached hydrogens (tertiary/aromatic N) is 2. The van der Waals surface area contributed by atoms with Gasteiger partial charge in [-0.15, -0.1) is 12.4 Å². The highest BCUT2D eigenvalue weighted by molar-refractivity contribution is 5.85. The summed E-state index contributed by atoms with van der Waals surface area (Å²) < 4.78 is 5.82. The third-order valence-electron chi connectivity index (χ3n) is 4.69. The molecule has 26 heavy (non-hydrogen) atoms. The average Bonchev–Trinajstić information content (AvgIpc) is 3.10. The van der Waals surface area contributed by atoms with Crippen LogP contribution in [0.1, 0.15) is 23.8 Å². The summed E-state index contributed by atoms with van der Waals surface area (Å²) >= 11 is 0. The first-order valence-electron chi connectivity index (χ1n) is 8.69. The predicted octanol–water partition coefficient (Wildman–Crippen LogP) is 3.36. The Morgan fingerprint density at radius 3 is 2.96 bits per heavy atom. The van der Waals surface area contributed by atoms with Crippen LogP contribution < -0.4 is 5.32 Å². The van der Waals surface area contributed by atoms with Gasteiger partial charge in [0.15, 0.2) is 0 Å². The molecule has 4 rings (SSSR count). The molecule has 1 aromatic carbocycles. The maximum Gasteiger partial charge on any atom is 0.223 e. The number of carbonyl (C=O) groups excluding carboxylic acids is 1. The highest BCUT2D eigenvalue weighted by atomic mass is 35.5. The van der Waals surface area contributed by atoms with Crippen LogP contribution in [0.25, 0.3) is 11.0 Å². The molecule has 5 nitrogen and oxygen atoms in total. The minimum atomic E-state index is 0. The Labute approximate surface area is 158 Å². The van der Waals surface area contributed by atoms with Gasteiger partial charge in [0.2, 0.25) is 5.91 Å². The van der Waals surface area contributed by atoms with Crippen LogP contribution >= 0.6 is 12.4 Å². The molecule has 136 valence electrons. The zero-order valence-corrected chi connectivity index (χ0v) is 15.2. The molecule has 3 heterocycles. The Hall–Kier alpha value is -2.37. The summed E-state index contributed by atoms with van der Waals surface area (Å²) in [5.41, 5.74) is 1.95. The van der Waals surface area contributed by atoms with E-state index in [-0.39, 0.29) is 24.4 Å². The number of amides is 1. The molecule has 1 aliphatic heterocycles. The van der Waals surface area contributed by atoms with Crippen molar-refractivity contribution in [2.24, 2.45) is 0 Å². The fourth-order valence-corrected chi connectivity index (χ4v) is 3.41. The van der Waals surface area contributed by atoms with Crippen molar-refractivity contribution in [2.45, 2.75) is 18.9 Å². The second kappa shape index (κ2) is 8.34. The number of fused-ring (bicyclic) bond motifs is 1. The number of rotatable bonds is 4. The topological polar surface area (TPSA) is 58.4 Å². The maximum atomic E-state index is 12.8. The van der Waals surface area contributed by atoms with Crippen molar-refractivity contribution in [2.75, 3.05) is 19.6 Å². The average molecular weight is 372 g/mol. The first kappa shape index (κ1) is 18.4. The number of pyridine rings is 1. The summed E-state index contributed by atoms with van der Waals surface area (Å²) in [5.74, 6) is 1.03. The van der Waals surface area contributed by atoms with E-state index < -0.39 is 0 Å². The van der Waals surface area contributed by atoms with Crippen molar-refractivity contribution in [1.82, 2.24) is 15.2 Å². The molecule has 0 radical (unpaired) electrons. The van der Waals surface area contributed by atoms with Gasteiger partial charge in [-0.1, -0.05) is 24.3 Å². The first-order valence-corrected chi connectivity index (χ1v) is 8.69. The monoisotopic (exact) mass is 371 g/mol. The molecule has 1 atom stereocenters. The molecule has 0 bridgehead atoms. The molecule has 0 aliphatic carbocycles. The van der Waals surface area contributed by atoms with Crippen LogP contribution in [-0.2, 0) is 11.2 Å². The van der Waals surface area contributed by atoms with Gasteiger partial charge in [-0.3, -0.25) is 9.78 Å². The van der Waals surface area contributed by atoms with Gasteiger partial charge in [0.1, 0.15) is 11.3 Å². The zero-order valence-electron chi connectivity index (χ0n) is 14.4. The molecule has 6 heteroatoms. The van der Waals surface area contributed by atoms with Gasteiger partial charge in [0, 0.05) is 50.3 Å². The van der Waals surface area contributed by atoms with Crippen LogP contribution in [0.15, 0.2) is 59.3 Å². The maximum absolute atomic E-state index is 12.8. The summed E-state index contributed by atoms with van der Waals surface area (Å²) in [5, 5.41) is 4.45. The summed E-state index contributed by atoms with van der Waals surface area (Å²) in [6.07, 6.45) is 4.68. The lowest BCUT2D eigenvalue weighted by atomic mass is 10.0. The van der Waals surface area contributed by atoms with Gasteiger partial charge >= 0.3 is 0 Å². The molecular weight excluding hydrogens is 350 g/mol. The highest BCUT2D eigenvalue weighted by Crippen LogP contribution is 2.24. The first-order chi connectivity index (χ1) is 12.3. The Balaban J connectivity index is 0.00000196. The van der Waals surface area contributed by atoms with Crippen molar-refractivity contribution in [1.29, 1.82) is 0 Å². The number of nitrogens with one attached hydrogen (secondary N) is 1. The number of furan rings is 1. The van der Waals surface area contributed by atoms with Crippen LogP contribution in [0.5, 0.6) is 0 Å². The molecule has 1 unspecified atom stereocenters. The van der Waals surface area contributed by atoms with Gasteiger partial charge in [-0.2, -0.15) is 0 Å². The van der Waals surface area contributed by atoms with Gasteiger partial charge in [-0.05, 0) is 23.8 Å². The largest absolute Gasteiger partial charge is 0.461 e. The van der Waals surface area contributed by atoms with E-state index >= 15 is 0 Å². The minimum Gasteiger partial charge on any atom is -0.461 e. The number of para-hydroxylation sites is 1. The van der Waals surface area contributed by atoms with Crippen molar-refractivity contribution in [3.05, 3.63) is 66.2 Å². The summed E-state index contributed by atoms with van der Waals surface area (Å²) in [6, 6.07) is 14.0. The van der Waals surface area contributed by atoms with Crippen molar-refractivity contribution < 1.29 is 9.21 Å². The highest BCUT2D eigenvalue weighted by Gasteiger charge is 2.27. The number of piperazine rings is 1. The fourth-order valence-electron chi connectivity index (χ4n) is 3.41. The minimum absolute atomic E-state index is 0. The third kappa shape index (κ3) is 3.89. The van der Waals surface area contributed by atoms with Crippen LogP contribution in [0.2, 0.25) is 0 Å². The summed E-state index contributed by atoms with van der Waals surface area (Å²) in [4.78, 5) is 19.0. The van der Waals surface area contributed by atoms with E-state index in [1.54, 1.807) is 6.20 Å². The van der Waals surface area contributed by atoms with Gasteiger partial charge < -0.3 is 14.6 Å². The van der Waals surface area contributed by atoms with Crippen LogP contribution in [0.4, 0.5) is 0 Å².